The lowest BCUT2D eigenvalue weighted by Gasteiger charge is -2.21. The molecule has 0 spiro atoms. The first-order valence-electron chi connectivity index (χ1n) is 10.9. The molecule has 0 amide bonds. The van der Waals surface area contributed by atoms with Gasteiger partial charge >= 0.3 is 13.3 Å². The average Bonchev–Trinajstić information content (AvgIpc) is 3.31. The molecule has 2 heterocycles. The highest BCUT2D eigenvalue weighted by molar-refractivity contribution is 7.53. The predicted octanol–water partition coefficient (Wildman–Crippen LogP) is 4.23. The monoisotopic (exact) mass is 470 g/mol. The number of benzene rings is 2. The number of nitrogens with one attached hydrogen (secondary N) is 1. The second-order valence-electron chi connectivity index (χ2n) is 7.95. The highest BCUT2D eigenvalue weighted by Crippen LogP contribution is 2.51. The van der Waals surface area contributed by atoms with E-state index in [2.05, 4.69) is 4.98 Å². The van der Waals surface area contributed by atoms with E-state index in [4.69, 9.17) is 13.8 Å². The molecule has 3 aromatic rings. The summed E-state index contributed by atoms with van der Waals surface area (Å²) in [6, 6.07) is 20.4. The van der Waals surface area contributed by atoms with Crippen LogP contribution in [0.5, 0.6) is 0 Å². The van der Waals surface area contributed by atoms with Crippen LogP contribution in [-0.4, -0.2) is 21.8 Å². The summed E-state index contributed by atoms with van der Waals surface area (Å²) >= 11 is 0. The zero-order valence-corrected chi connectivity index (χ0v) is 19.1. The van der Waals surface area contributed by atoms with E-state index in [9.17, 15) is 14.2 Å². The fourth-order valence-electron chi connectivity index (χ4n) is 3.72. The van der Waals surface area contributed by atoms with Crippen molar-refractivity contribution in [2.45, 2.75) is 44.8 Å². The molecule has 1 N–H and O–H groups in total. The number of H-pyrrole nitrogens is 1. The fraction of sp³-hybridized carbons (Fsp3) is 0.333. The van der Waals surface area contributed by atoms with Crippen molar-refractivity contribution in [3.05, 3.63) is 105 Å². The van der Waals surface area contributed by atoms with Crippen molar-refractivity contribution in [1.82, 2.24) is 9.55 Å². The van der Waals surface area contributed by atoms with Gasteiger partial charge in [0.25, 0.3) is 5.56 Å². The van der Waals surface area contributed by atoms with Crippen molar-refractivity contribution in [1.29, 1.82) is 0 Å². The highest BCUT2D eigenvalue weighted by Gasteiger charge is 2.32. The Morgan fingerprint density at radius 2 is 1.52 bits per heavy atom. The van der Waals surface area contributed by atoms with Gasteiger partial charge in [0.05, 0.1) is 25.5 Å². The van der Waals surface area contributed by atoms with Crippen molar-refractivity contribution in [3.8, 4) is 0 Å². The topological polar surface area (TPSA) is 99.6 Å². The molecule has 1 saturated heterocycles. The smallest absolute Gasteiger partial charge is 0.331 e. The molecule has 1 aromatic heterocycles. The first-order chi connectivity index (χ1) is 16.0. The van der Waals surface area contributed by atoms with Gasteiger partial charge in [0.1, 0.15) is 6.23 Å². The number of rotatable bonds is 10. The van der Waals surface area contributed by atoms with Crippen LogP contribution in [0, 0.1) is 0 Å². The van der Waals surface area contributed by atoms with Crippen LogP contribution in [0.25, 0.3) is 0 Å². The van der Waals surface area contributed by atoms with Crippen molar-refractivity contribution in [3.63, 3.8) is 0 Å². The van der Waals surface area contributed by atoms with E-state index < -0.39 is 25.1 Å². The summed E-state index contributed by atoms with van der Waals surface area (Å²) in [7, 11) is -3.41. The van der Waals surface area contributed by atoms with Gasteiger partial charge in [0.15, 0.2) is 0 Å². The predicted molar refractivity (Wildman–Crippen MR) is 124 cm³/mol. The number of hydrogen-bond donors (Lipinski definition) is 1. The van der Waals surface area contributed by atoms with E-state index >= 15 is 0 Å². The standard InChI is InChI=1S/C24H27N2O6P/c27-22-13-15-26(24(28)25-22)23-12-11-21(32-23)14-16-33(29,30-17-19-7-3-1-4-8-19)31-18-20-9-5-2-6-10-20/h1-10,13,15,21,23H,11-12,14,16-18H2,(H,25,27,28)/t21-,23+/m0/s1. The first kappa shape index (κ1) is 23.4. The van der Waals surface area contributed by atoms with E-state index in [1.54, 1.807) is 0 Å². The third-order valence-electron chi connectivity index (χ3n) is 5.51. The maximum Gasteiger partial charge on any atom is 0.331 e. The molecule has 1 aliphatic rings. The summed E-state index contributed by atoms with van der Waals surface area (Å²) in [5, 5.41) is 0. The molecule has 1 fully saturated rings. The minimum Gasteiger partial charge on any atom is -0.355 e. The fourth-order valence-corrected chi connectivity index (χ4v) is 5.35. The molecule has 8 nitrogen and oxygen atoms in total. The molecule has 174 valence electrons. The molecule has 0 bridgehead atoms. The second-order valence-corrected chi connectivity index (χ2v) is 10.1. The van der Waals surface area contributed by atoms with Crippen LogP contribution >= 0.6 is 7.60 Å². The molecule has 4 rings (SSSR count). The molecular formula is C24H27N2O6P. The van der Waals surface area contributed by atoms with Gasteiger partial charge in [-0.15, -0.1) is 0 Å². The highest BCUT2D eigenvalue weighted by atomic mass is 31.2. The van der Waals surface area contributed by atoms with E-state index in [0.717, 1.165) is 11.1 Å². The van der Waals surface area contributed by atoms with Crippen LogP contribution in [-0.2, 0) is 31.6 Å². The van der Waals surface area contributed by atoms with Gasteiger partial charge in [0.2, 0.25) is 0 Å². The number of aromatic amines is 1. The molecule has 0 unspecified atom stereocenters. The Bertz CT molecular complexity index is 1150. The molecule has 33 heavy (non-hydrogen) atoms. The molecule has 9 heteroatoms. The van der Waals surface area contributed by atoms with Gasteiger partial charge in [-0.2, -0.15) is 0 Å². The lowest BCUT2D eigenvalue weighted by Crippen LogP contribution is -2.31. The van der Waals surface area contributed by atoms with Crippen molar-refractivity contribution >= 4 is 7.60 Å². The van der Waals surface area contributed by atoms with Crippen LogP contribution in [0.1, 0.15) is 36.6 Å². The second kappa shape index (κ2) is 10.9. The summed E-state index contributed by atoms with van der Waals surface area (Å²) < 4.78 is 32.6. The minimum absolute atomic E-state index is 0.188. The maximum atomic E-state index is 13.6. The molecule has 1 aliphatic heterocycles. The number of aromatic nitrogens is 2. The normalized spacial score (nSPS) is 18.4. The van der Waals surface area contributed by atoms with E-state index in [0.29, 0.717) is 19.3 Å². The number of hydrogen-bond acceptors (Lipinski definition) is 6. The third-order valence-corrected chi connectivity index (χ3v) is 7.36. The Morgan fingerprint density at radius 3 is 2.09 bits per heavy atom. The molecule has 0 radical (unpaired) electrons. The van der Waals surface area contributed by atoms with E-state index in [1.165, 1.54) is 16.8 Å². The van der Waals surface area contributed by atoms with Gasteiger partial charge in [-0.25, -0.2) is 4.79 Å². The average molecular weight is 470 g/mol. The summed E-state index contributed by atoms with van der Waals surface area (Å²) in [6.07, 6.45) is 2.77. The number of nitrogens with zero attached hydrogens (tertiary/aromatic N) is 1. The SMILES string of the molecule is O=c1ccn([C@H]2CC[C@@H](CCP(=O)(OCc3ccccc3)OCc3ccccc3)O2)c(=O)[nH]1. The quantitative estimate of drug-likeness (QED) is 0.445. The van der Waals surface area contributed by atoms with Crippen LogP contribution in [0.15, 0.2) is 82.5 Å². The van der Waals surface area contributed by atoms with E-state index in [1.807, 2.05) is 60.7 Å². The largest absolute Gasteiger partial charge is 0.355 e. The van der Waals surface area contributed by atoms with Crippen LogP contribution in [0.2, 0.25) is 0 Å². The van der Waals surface area contributed by atoms with Gasteiger partial charge in [0, 0.05) is 12.3 Å². The Hall–Kier alpha value is -2.77. The van der Waals surface area contributed by atoms with Gasteiger partial charge in [-0.3, -0.25) is 18.9 Å². The lowest BCUT2D eigenvalue weighted by molar-refractivity contribution is -0.00246. The van der Waals surface area contributed by atoms with Gasteiger partial charge in [-0.05, 0) is 30.4 Å². The summed E-state index contributed by atoms with van der Waals surface area (Å²) in [5.74, 6) is 0. The zero-order valence-electron chi connectivity index (χ0n) is 18.2. The minimum atomic E-state index is -3.41. The van der Waals surface area contributed by atoms with Gasteiger partial charge in [-0.1, -0.05) is 60.7 Å². The van der Waals surface area contributed by atoms with Crippen molar-refractivity contribution in [2.24, 2.45) is 0 Å². The first-order valence-corrected chi connectivity index (χ1v) is 12.7. The molecule has 2 aromatic carbocycles. The molecule has 2 atom stereocenters. The Kier molecular flexibility index (Phi) is 7.73. The van der Waals surface area contributed by atoms with Crippen molar-refractivity contribution < 1.29 is 18.3 Å². The van der Waals surface area contributed by atoms with Crippen LogP contribution in [0.3, 0.4) is 0 Å². The number of ether oxygens (including phenoxy) is 1. The molecular weight excluding hydrogens is 443 g/mol. The zero-order chi connectivity index (χ0) is 23.1. The summed E-state index contributed by atoms with van der Waals surface area (Å²) in [5.41, 5.74) is 0.875. The van der Waals surface area contributed by atoms with Gasteiger partial charge < -0.3 is 13.8 Å². The summed E-state index contributed by atoms with van der Waals surface area (Å²) in [4.78, 5) is 25.6. The maximum absolute atomic E-state index is 13.6. The molecule has 0 saturated carbocycles. The van der Waals surface area contributed by atoms with Crippen LogP contribution in [0.4, 0.5) is 0 Å². The molecule has 0 aliphatic carbocycles. The lowest BCUT2D eigenvalue weighted by atomic mass is 10.2. The Labute approximate surface area is 191 Å². The van der Waals surface area contributed by atoms with Crippen LogP contribution < -0.4 is 11.2 Å². The summed E-state index contributed by atoms with van der Waals surface area (Å²) in [6.45, 7) is 0.377. The van der Waals surface area contributed by atoms with E-state index in [-0.39, 0.29) is 25.5 Å². The van der Waals surface area contributed by atoms with Crippen molar-refractivity contribution in [2.75, 3.05) is 6.16 Å². The third kappa shape index (κ3) is 6.62. The Morgan fingerprint density at radius 1 is 0.909 bits per heavy atom. The Balaban J connectivity index is 1.38.